The first kappa shape index (κ1) is 15.5. The predicted octanol–water partition coefficient (Wildman–Crippen LogP) is 2.83. The number of rotatable bonds is 5. The number of nitrogens with two attached hydrogens (primary N) is 1. The smallest absolute Gasteiger partial charge is 0.243 e. The Bertz CT molecular complexity index is 610. The van der Waals surface area contributed by atoms with E-state index in [1.165, 1.54) is 11.3 Å². The van der Waals surface area contributed by atoms with Crippen molar-refractivity contribution in [3.05, 3.63) is 29.6 Å². The van der Waals surface area contributed by atoms with Crippen molar-refractivity contribution in [3.63, 3.8) is 0 Å². The molecule has 0 fully saturated rings. The number of aromatic nitrogens is 1. The number of aromatic hydroxyl groups is 1. The SMILES string of the molecule is CCC(C)C(N)C(=O)Nc1nc(-c2ccc(O)cc2)cs1. The Labute approximate surface area is 127 Å². The molecule has 6 heteroatoms. The zero-order valence-corrected chi connectivity index (χ0v) is 12.9. The standard InChI is InChI=1S/C15H19N3O2S/c1-3-9(2)13(16)14(20)18-15-17-12(8-21-15)10-4-6-11(19)7-5-10/h4-9,13,19H,3,16H2,1-2H3,(H,17,18,20). The van der Waals surface area contributed by atoms with Gasteiger partial charge in [-0.1, -0.05) is 20.3 Å². The Morgan fingerprint density at radius 3 is 2.71 bits per heavy atom. The number of carbonyl (C=O) groups excluding carboxylic acids is 1. The number of phenolic OH excluding ortho intramolecular Hbond substituents is 1. The van der Waals surface area contributed by atoms with Crippen LogP contribution in [0.3, 0.4) is 0 Å². The van der Waals surface area contributed by atoms with Gasteiger partial charge in [-0.25, -0.2) is 4.98 Å². The molecule has 5 nitrogen and oxygen atoms in total. The van der Waals surface area contributed by atoms with E-state index in [4.69, 9.17) is 5.73 Å². The first-order valence-electron chi connectivity index (χ1n) is 6.82. The van der Waals surface area contributed by atoms with Crippen LogP contribution in [0.2, 0.25) is 0 Å². The molecule has 2 atom stereocenters. The lowest BCUT2D eigenvalue weighted by atomic mass is 10.00. The van der Waals surface area contributed by atoms with Gasteiger partial charge in [0.1, 0.15) is 5.75 Å². The number of anilines is 1. The fraction of sp³-hybridized carbons (Fsp3) is 0.333. The molecule has 0 bridgehead atoms. The maximum absolute atomic E-state index is 12.0. The number of thiazole rings is 1. The second-order valence-corrected chi connectivity index (χ2v) is 5.84. The van der Waals surface area contributed by atoms with E-state index in [9.17, 15) is 9.90 Å². The van der Waals surface area contributed by atoms with Crippen molar-refractivity contribution in [2.45, 2.75) is 26.3 Å². The van der Waals surface area contributed by atoms with Crippen LogP contribution in [0, 0.1) is 5.92 Å². The van der Waals surface area contributed by atoms with Crippen LogP contribution in [-0.2, 0) is 4.79 Å². The number of nitrogens with zero attached hydrogens (tertiary/aromatic N) is 1. The van der Waals surface area contributed by atoms with Crippen LogP contribution in [0.4, 0.5) is 5.13 Å². The van der Waals surface area contributed by atoms with E-state index >= 15 is 0 Å². The van der Waals surface area contributed by atoms with Crippen molar-refractivity contribution in [3.8, 4) is 17.0 Å². The van der Waals surface area contributed by atoms with Crippen molar-refractivity contribution >= 4 is 22.4 Å². The van der Waals surface area contributed by atoms with Gasteiger partial charge in [0.25, 0.3) is 0 Å². The minimum atomic E-state index is -0.531. The molecule has 21 heavy (non-hydrogen) atoms. The Kier molecular flexibility index (Phi) is 4.93. The third kappa shape index (κ3) is 3.80. The number of phenols is 1. The molecule has 0 aliphatic heterocycles. The monoisotopic (exact) mass is 305 g/mol. The largest absolute Gasteiger partial charge is 0.508 e. The highest BCUT2D eigenvalue weighted by molar-refractivity contribution is 7.14. The third-order valence-electron chi connectivity index (χ3n) is 3.46. The maximum atomic E-state index is 12.0. The van der Waals surface area contributed by atoms with E-state index in [1.54, 1.807) is 24.3 Å². The Morgan fingerprint density at radius 2 is 2.10 bits per heavy atom. The maximum Gasteiger partial charge on any atom is 0.243 e. The molecule has 1 amide bonds. The number of benzene rings is 1. The molecule has 112 valence electrons. The van der Waals surface area contributed by atoms with Gasteiger partial charge < -0.3 is 16.2 Å². The summed E-state index contributed by atoms with van der Waals surface area (Å²) in [6, 6.07) is 6.23. The molecule has 2 unspecified atom stereocenters. The second-order valence-electron chi connectivity index (χ2n) is 4.99. The van der Waals surface area contributed by atoms with Gasteiger partial charge in [0.05, 0.1) is 11.7 Å². The molecule has 0 spiro atoms. The van der Waals surface area contributed by atoms with E-state index in [-0.39, 0.29) is 17.6 Å². The molecule has 1 aromatic carbocycles. The van der Waals surface area contributed by atoms with Crippen LogP contribution in [0.5, 0.6) is 5.75 Å². The fourth-order valence-corrected chi connectivity index (χ4v) is 2.52. The van der Waals surface area contributed by atoms with Crippen molar-refractivity contribution < 1.29 is 9.90 Å². The van der Waals surface area contributed by atoms with Crippen LogP contribution in [-0.4, -0.2) is 22.0 Å². The number of hydrogen-bond donors (Lipinski definition) is 3. The topological polar surface area (TPSA) is 88.2 Å². The summed E-state index contributed by atoms with van der Waals surface area (Å²) in [7, 11) is 0. The van der Waals surface area contributed by atoms with Gasteiger partial charge in [0.15, 0.2) is 5.13 Å². The van der Waals surface area contributed by atoms with Gasteiger partial charge in [-0.2, -0.15) is 0 Å². The lowest BCUT2D eigenvalue weighted by Crippen LogP contribution is -2.40. The summed E-state index contributed by atoms with van der Waals surface area (Å²) in [4.78, 5) is 16.4. The zero-order chi connectivity index (χ0) is 15.4. The van der Waals surface area contributed by atoms with Gasteiger partial charge >= 0.3 is 0 Å². The average molecular weight is 305 g/mol. The van der Waals surface area contributed by atoms with Crippen LogP contribution in [0.1, 0.15) is 20.3 Å². The quantitative estimate of drug-likeness (QED) is 0.792. The minimum Gasteiger partial charge on any atom is -0.508 e. The molecule has 0 aliphatic rings. The molecular weight excluding hydrogens is 286 g/mol. The predicted molar refractivity (Wildman–Crippen MR) is 85.3 cm³/mol. The van der Waals surface area contributed by atoms with E-state index in [1.807, 2.05) is 19.2 Å². The Hall–Kier alpha value is -1.92. The summed E-state index contributed by atoms with van der Waals surface area (Å²) in [6.07, 6.45) is 0.852. The van der Waals surface area contributed by atoms with Crippen LogP contribution in [0.25, 0.3) is 11.3 Å². The highest BCUT2D eigenvalue weighted by atomic mass is 32.1. The lowest BCUT2D eigenvalue weighted by molar-refractivity contribution is -0.118. The molecule has 0 saturated heterocycles. The van der Waals surface area contributed by atoms with Gasteiger partial charge in [-0.3, -0.25) is 4.79 Å². The number of nitrogens with one attached hydrogen (secondary N) is 1. The highest BCUT2D eigenvalue weighted by Crippen LogP contribution is 2.26. The molecule has 1 heterocycles. The first-order valence-corrected chi connectivity index (χ1v) is 7.70. The summed E-state index contributed by atoms with van der Waals surface area (Å²) >= 11 is 1.35. The number of amides is 1. The molecular formula is C15H19N3O2S. The number of hydrogen-bond acceptors (Lipinski definition) is 5. The Morgan fingerprint density at radius 1 is 1.43 bits per heavy atom. The summed E-state index contributed by atoms with van der Waals surface area (Å²) in [6.45, 7) is 3.96. The van der Waals surface area contributed by atoms with Crippen molar-refractivity contribution in [2.24, 2.45) is 11.7 Å². The molecule has 0 aliphatic carbocycles. The van der Waals surface area contributed by atoms with Gasteiger partial charge in [0, 0.05) is 10.9 Å². The summed E-state index contributed by atoms with van der Waals surface area (Å²) < 4.78 is 0. The minimum absolute atomic E-state index is 0.126. The third-order valence-corrected chi connectivity index (χ3v) is 4.21. The van der Waals surface area contributed by atoms with Crippen molar-refractivity contribution in [1.29, 1.82) is 0 Å². The van der Waals surface area contributed by atoms with Crippen molar-refractivity contribution in [1.82, 2.24) is 4.98 Å². The summed E-state index contributed by atoms with van der Waals surface area (Å²) in [5.41, 5.74) is 7.53. The molecule has 2 aromatic rings. The molecule has 0 radical (unpaired) electrons. The van der Waals surface area contributed by atoms with Gasteiger partial charge in [-0.05, 0) is 30.2 Å². The van der Waals surface area contributed by atoms with Crippen LogP contribution >= 0.6 is 11.3 Å². The van der Waals surface area contributed by atoms with Crippen molar-refractivity contribution in [2.75, 3.05) is 5.32 Å². The summed E-state index contributed by atoms with van der Waals surface area (Å²) in [5.74, 6) is 0.125. The number of carbonyl (C=O) groups is 1. The van der Waals surface area contributed by atoms with E-state index in [0.717, 1.165) is 17.7 Å². The lowest BCUT2D eigenvalue weighted by Gasteiger charge is -2.16. The molecule has 1 aromatic heterocycles. The highest BCUT2D eigenvalue weighted by Gasteiger charge is 2.20. The average Bonchev–Trinajstić information content (AvgIpc) is 2.94. The summed E-state index contributed by atoms with van der Waals surface area (Å²) in [5, 5.41) is 14.4. The molecule has 0 saturated carbocycles. The van der Waals surface area contributed by atoms with Gasteiger partial charge in [0.2, 0.25) is 5.91 Å². The molecule has 2 rings (SSSR count). The fourth-order valence-electron chi connectivity index (χ4n) is 1.80. The normalized spacial score (nSPS) is 13.7. The second kappa shape index (κ2) is 6.69. The van der Waals surface area contributed by atoms with E-state index < -0.39 is 6.04 Å². The van der Waals surface area contributed by atoms with E-state index in [2.05, 4.69) is 10.3 Å². The first-order chi connectivity index (χ1) is 10.0. The van der Waals surface area contributed by atoms with Crippen LogP contribution in [0.15, 0.2) is 29.6 Å². The van der Waals surface area contributed by atoms with Gasteiger partial charge in [-0.15, -0.1) is 11.3 Å². The zero-order valence-electron chi connectivity index (χ0n) is 12.0. The molecule has 4 N–H and O–H groups in total. The Balaban J connectivity index is 2.06. The van der Waals surface area contributed by atoms with E-state index in [0.29, 0.717) is 5.13 Å². The van der Waals surface area contributed by atoms with Crippen LogP contribution < -0.4 is 11.1 Å².